The van der Waals surface area contributed by atoms with Gasteiger partial charge in [-0.1, -0.05) is 12.1 Å². The Labute approximate surface area is 84.8 Å². The Morgan fingerprint density at radius 3 is 2.43 bits per heavy atom. The first-order valence-electron chi connectivity index (χ1n) is 4.55. The molecule has 0 saturated carbocycles. The normalized spacial score (nSPS) is 11.5. The molecule has 0 bridgehead atoms. The summed E-state index contributed by atoms with van der Waals surface area (Å²) in [6.07, 6.45) is 0. The van der Waals surface area contributed by atoms with Crippen LogP contribution in [-0.2, 0) is 10.4 Å². The third-order valence-electron chi connectivity index (χ3n) is 2.35. The van der Waals surface area contributed by atoms with Crippen LogP contribution < -0.4 is 10.6 Å². The average Bonchev–Trinajstić information content (AvgIpc) is 2.17. The van der Waals surface area contributed by atoms with Crippen molar-refractivity contribution in [2.24, 2.45) is 5.90 Å². The highest BCUT2D eigenvalue weighted by molar-refractivity contribution is 5.43. The number of hydrogen-bond acceptors (Lipinski definition) is 3. The van der Waals surface area contributed by atoms with Gasteiger partial charge in [0.2, 0.25) is 0 Å². The molecule has 0 fully saturated rings. The van der Waals surface area contributed by atoms with E-state index in [2.05, 4.69) is 0 Å². The molecule has 0 aliphatic rings. The standard InChI is InChI=1S/C11H17NO2/c1-8-6-5-7-9(13-4)10(8)11(2,3)14-12/h5-7H,12H2,1-4H3. The summed E-state index contributed by atoms with van der Waals surface area (Å²) in [6, 6.07) is 5.87. The number of methoxy groups -OCH3 is 1. The molecule has 0 aromatic heterocycles. The lowest BCUT2D eigenvalue weighted by Crippen LogP contribution is -2.27. The van der Waals surface area contributed by atoms with Crippen LogP contribution in [0.25, 0.3) is 0 Å². The van der Waals surface area contributed by atoms with Crippen LogP contribution in [0, 0.1) is 6.92 Å². The van der Waals surface area contributed by atoms with Gasteiger partial charge in [0, 0.05) is 5.56 Å². The number of rotatable bonds is 3. The summed E-state index contributed by atoms with van der Waals surface area (Å²) in [7, 11) is 1.64. The molecule has 1 aromatic carbocycles. The topological polar surface area (TPSA) is 44.5 Å². The summed E-state index contributed by atoms with van der Waals surface area (Å²) >= 11 is 0. The van der Waals surface area contributed by atoms with Crippen molar-refractivity contribution in [3.63, 3.8) is 0 Å². The molecule has 0 aliphatic carbocycles. The van der Waals surface area contributed by atoms with E-state index < -0.39 is 5.60 Å². The monoisotopic (exact) mass is 195 g/mol. The summed E-state index contributed by atoms with van der Waals surface area (Å²) in [5, 5.41) is 0. The van der Waals surface area contributed by atoms with Gasteiger partial charge >= 0.3 is 0 Å². The van der Waals surface area contributed by atoms with Crippen molar-refractivity contribution in [3.05, 3.63) is 29.3 Å². The van der Waals surface area contributed by atoms with Crippen LogP contribution >= 0.6 is 0 Å². The molecule has 0 radical (unpaired) electrons. The van der Waals surface area contributed by atoms with E-state index in [0.717, 1.165) is 16.9 Å². The summed E-state index contributed by atoms with van der Waals surface area (Å²) in [5.74, 6) is 6.08. The second-order valence-electron chi connectivity index (χ2n) is 3.78. The molecule has 0 atom stereocenters. The van der Waals surface area contributed by atoms with Crippen molar-refractivity contribution in [2.75, 3.05) is 7.11 Å². The first-order valence-corrected chi connectivity index (χ1v) is 4.55. The van der Waals surface area contributed by atoms with E-state index in [4.69, 9.17) is 15.5 Å². The predicted octanol–water partition coefficient (Wildman–Crippen LogP) is 2.13. The highest BCUT2D eigenvalue weighted by Gasteiger charge is 2.26. The van der Waals surface area contributed by atoms with E-state index in [9.17, 15) is 0 Å². The van der Waals surface area contributed by atoms with Crippen molar-refractivity contribution >= 4 is 0 Å². The van der Waals surface area contributed by atoms with Gasteiger partial charge in [-0.3, -0.25) is 4.84 Å². The molecule has 3 heteroatoms. The highest BCUT2D eigenvalue weighted by Crippen LogP contribution is 2.33. The lowest BCUT2D eigenvalue weighted by atomic mass is 9.93. The fourth-order valence-corrected chi connectivity index (χ4v) is 1.64. The lowest BCUT2D eigenvalue weighted by molar-refractivity contribution is -0.0255. The van der Waals surface area contributed by atoms with E-state index in [-0.39, 0.29) is 0 Å². The Kier molecular flexibility index (Phi) is 3.13. The van der Waals surface area contributed by atoms with Crippen LogP contribution in [0.15, 0.2) is 18.2 Å². The Morgan fingerprint density at radius 1 is 1.29 bits per heavy atom. The van der Waals surface area contributed by atoms with Crippen LogP contribution in [-0.4, -0.2) is 7.11 Å². The molecule has 0 amide bonds. The van der Waals surface area contributed by atoms with Gasteiger partial charge < -0.3 is 4.74 Å². The van der Waals surface area contributed by atoms with Gasteiger partial charge in [0.1, 0.15) is 11.4 Å². The molecule has 0 saturated heterocycles. The van der Waals surface area contributed by atoms with E-state index in [1.54, 1.807) is 7.11 Å². The first-order chi connectivity index (χ1) is 6.53. The second kappa shape index (κ2) is 3.98. The van der Waals surface area contributed by atoms with E-state index >= 15 is 0 Å². The van der Waals surface area contributed by atoms with Gasteiger partial charge in [-0.25, -0.2) is 5.90 Å². The minimum atomic E-state index is -0.531. The third kappa shape index (κ3) is 1.89. The molecule has 0 unspecified atom stereocenters. The molecule has 1 aromatic rings. The van der Waals surface area contributed by atoms with E-state index in [1.807, 2.05) is 39.0 Å². The van der Waals surface area contributed by atoms with Gasteiger partial charge in [-0.2, -0.15) is 0 Å². The van der Waals surface area contributed by atoms with Crippen LogP contribution in [0.4, 0.5) is 0 Å². The lowest BCUT2D eigenvalue weighted by Gasteiger charge is -2.26. The quantitative estimate of drug-likeness (QED) is 0.751. The molecule has 0 heterocycles. The zero-order chi connectivity index (χ0) is 10.8. The van der Waals surface area contributed by atoms with Crippen molar-refractivity contribution in [1.82, 2.24) is 0 Å². The van der Waals surface area contributed by atoms with Crippen molar-refractivity contribution in [2.45, 2.75) is 26.4 Å². The summed E-state index contributed by atoms with van der Waals surface area (Å²) in [4.78, 5) is 4.97. The van der Waals surface area contributed by atoms with Crippen molar-refractivity contribution in [3.8, 4) is 5.75 Å². The molecule has 1 rings (SSSR count). The molecule has 78 valence electrons. The first kappa shape index (κ1) is 11.0. The zero-order valence-electron chi connectivity index (χ0n) is 9.13. The number of benzene rings is 1. The summed E-state index contributed by atoms with van der Waals surface area (Å²) in [6.45, 7) is 5.84. The molecular weight excluding hydrogens is 178 g/mol. The Balaban J connectivity index is 3.30. The minimum Gasteiger partial charge on any atom is -0.496 e. The van der Waals surface area contributed by atoms with Crippen LogP contribution in [0.5, 0.6) is 5.75 Å². The van der Waals surface area contributed by atoms with Gasteiger partial charge in [0.25, 0.3) is 0 Å². The second-order valence-corrected chi connectivity index (χ2v) is 3.78. The molecule has 2 N–H and O–H groups in total. The Morgan fingerprint density at radius 2 is 1.93 bits per heavy atom. The largest absolute Gasteiger partial charge is 0.496 e. The number of ether oxygens (including phenoxy) is 1. The maximum atomic E-state index is 5.28. The summed E-state index contributed by atoms with van der Waals surface area (Å²) in [5.41, 5.74) is 1.57. The van der Waals surface area contributed by atoms with Gasteiger partial charge in [-0.15, -0.1) is 0 Å². The Hall–Kier alpha value is -1.06. The smallest absolute Gasteiger partial charge is 0.125 e. The SMILES string of the molecule is COc1cccc(C)c1C(C)(C)ON. The number of hydrogen-bond donors (Lipinski definition) is 1. The number of nitrogens with two attached hydrogens (primary N) is 1. The van der Waals surface area contributed by atoms with Gasteiger partial charge in [-0.05, 0) is 32.4 Å². The highest BCUT2D eigenvalue weighted by atomic mass is 16.6. The molecule has 3 nitrogen and oxygen atoms in total. The minimum absolute atomic E-state index is 0.531. The summed E-state index contributed by atoms with van der Waals surface area (Å²) < 4.78 is 5.28. The molecule has 14 heavy (non-hydrogen) atoms. The predicted molar refractivity (Wildman–Crippen MR) is 56.0 cm³/mol. The van der Waals surface area contributed by atoms with Crippen LogP contribution in [0.2, 0.25) is 0 Å². The molecule has 0 spiro atoms. The van der Waals surface area contributed by atoms with E-state index in [0.29, 0.717) is 0 Å². The van der Waals surface area contributed by atoms with Crippen LogP contribution in [0.1, 0.15) is 25.0 Å². The molecular formula is C11H17NO2. The van der Waals surface area contributed by atoms with Crippen molar-refractivity contribution in [1.29, 1.82) is 0 Å². The average molecular weight is 195 g/mol. The molecule has 0 aliphatic heterocycles. The van der Waals surface area contributed by atoms with Crippen molar-refractivity contribution < 1.29 is 9.57 Å². The third-order valence-corrected chi connectivity index (χ3v) is 2.35. The van der Waals surface area contributed by atoms with E-state index in [1.165, 1.54) is 0 Å². The maximum Gasteiger partial charge on any atom is 0.125 e. The van der Waals surface area contributed by atoms with Gasteiger partial charge in [0.15, 0.2) is 0 Å². The van der Waals surface area contributed by atoms with Gasteiger partial charge in [0.05, 0.1) is 7.11 Å². The number of aryl methyl sites for hydroxylation is 1. The van der Waals surface area contributed by atoms with Crippen LogP contribution in [0.3, 0.4) is 0 Å². The zero-order valence-corrected chi connectivity index (χ0v) is 9.13. The fraction of sp³-hybridized carbons (Fsp3) is 0.455. The maximum absolute atomic E-state index is 5.28. The fourth-order valence-electron chi connectivity index (χ4n) is 1.64. The Bertz CT molecular complexity index is 321.